The Kier molecular flexibility index (Phi) is 5.03. The molecular formula is C16H19N7OS. The number of anilines is 1. The van der Waals surface area contributed by atoms with Gasteiger partial charge in [0.2, 0.25) is 5.13 Å². The van der Waals surface area contributed by atoms with Gasteiger partial charge >= 0.3 is 6.03 Å². The van der Waals surface area contributed by atoms with Gasteiger partial charge < -0.3 is 5.32 Å². The molecule has 25 heavy (non-hydrogen) atoms. The number of hydrogen-bond acceptors (Lipinski definition) is 6. The molecule has 9 heteroatoms. The molecule has 0 unspecified atom stereocenters. The number of carbonyl (C=O) groups excluding carboxylic acids is 1. The molecule has 3 aromatic rings. The van der Waals surface area contributed by atoms with Crippen LogP contribution in [0.25, 0.3) is 10.7 Å². The summed E-state index contributed by atoms with van der Waals surface area (Å²) in [6.07, 6.45) is 2.42. The minimum Gasteiger partial charge on any atom is -0.337 e. The van der Waals surface area contributed by atoms with E-state index < -0.39 is 0 Å². The van der Waals surface area contributed by atoms with Gasteiger partial charge in [0.1, 0.15) is 5.69 Å². The van der Waals surface area contributed by atoms with Crippen LogP contribution in [-0.2, 0) is 13.5 Å². The lowest BCUT2D eigenvalue weighted by molar-refractivity contribution is 0.252. The summed E-state index contributed by atoms with van der Waals surface area (Å²) in [5.41, 5.74) is 4.00. The maximum atomic E-state index is 12.0. The Morgan fingerprint density at radius 1 is 1.28 bits per heavy atom. The van der Waals surface area contributed by atoms with Crippen LogP contribution in [0, 0.1) is 13.8 Å². The van der Waals surface area contributed by atoms with E-state index in [0.717, 1.165) is 29.1 Å². The summed E-state index contributed by atoms with van der Waals surface area (Å²) in [6, 6.07) is 5.26. The Balaban J connectivity index is 1.52. The first-order valence-corrected chi connectivity index (χ1v) is 8.65. The summed E-state index contributed by atoms with van der Waals surface area (Å²) in [6.45, 7) is 4.52. The van der Waals surface area contributed by atoms with Crippen LogP contribution in [0.15, 0.2) is 24.4 Å². The molecule has 0 spiro atoms. The van der Waals surface area contributed by atoms with E-state index in [2.05, 4.69) is 30.9 Å². The van der Waals surface area contributed by atoms with Crippen LogP contribution in [0.5, 0.6) is 0 Å². The zero-order chi connectivity index (χ0) is 17.8. The minimum absolute atomic E-state index is 0.303. The molecule has 0 aromatic carbocycles. The Morgan fingerprint density at radius 2 is 2.12 bits per heavy atom. The van der Waals surface area contributed by atoms with Gasteiger partial charge in [0, 0.05) is 25.5 Å². The van der Waals surface area contributed by atoms with Gasteiger partial charge in [-0.05, 0) is 38.0 Å². The minimum atomic E-state index is -0.303. The van der Waals surface area contributed by atoms with Crippen molar-refractivity contribution in [1.29, 1.82) is 0 Å². The zero-order valence-electron chi connectivity index (χ0n) is 14.3. The van der Waals surface area contributed by atoms with Crippen molar-refractivity contribution in [1.82, 2.24) is 30.3 Å². The molecular weight excluding hydrogens is 338 g/mol. The van der Waals surface area contributed by atoms with Gasteiger partial charge in [0.05, 0.1) is 5.69 Å². The topological polar surface area (TPSA) is 97.6 Å². The highest BCUT2D eigenvalue weighted by Gasteiger charge is 2.12. The van der Waals surface area contributed by atoms with Crippen molar-refractivity contribution in [3.05, 3.63) is 41.3 Å². The number of nitrogens with zero attached hydrogens (tertiary/aromatic N) is 5. The van der Waals surface area contributed by atoms with Crippen LogP contribution in [-0.4, -0.2) is 37.5 Å². The molecule has 0 fully saturated rings. The van der Waals surface area contributed by atoms with E-state index in [1.165, 1.54) is 11.3 Å². The summed E-state index contributed by atoms with van der Waals surface area (Å²) >= 11 is 1.28. The molecule has 8 nitrogen and oxygen atoms in total. The molecule has 0 saturated heterocycles. The summed E-state index contributed by atoms with van der Waals surface area (Å²) in [5, 5.41) is 19.0. The van der Waals surface area contributed by atoms with E-state index in [1.807, 2.05) is 43.8 Å². The molecule has 2 N–H and O–H groups in total. The maximum absolute atomic E-state index is 12.0. The maximum Gasteiger partial charge on any atom is 0.321 e. The predicted octanol–water partition coefficient (Wildman–Crippen LogP) is 2.31. The highest BCUT2D eigenvalue weighted by atomic mass is 32.1. The fourth-order valence-corrected chi connectivity index (χ4v) is 3.20. The van der Waals surface area contributed by atoms with Crippen LogP contribution in [0.1, 0.15) is 17.0 Å². The van der Waals surface area contributed by atoms with Gasteiger partial charge in [-0.3, -0.25) is 15.0 Å². The lowest BCUT2D eigenvalue weighted by atomic mass is 10.1. The number of nitrogens with one attached hydrogen (secondary N) is 2. The number of rotatable bonds is 5. The number of pyridine rings is 1. The average Bonchev–Trinajstić information content (AvgIpc) is 3.15. The van der Waals surface area contributed by atoms with Gasteiger partial charge in [-0.15, -0.1) is 10.2 Å². The molecule has 3 rings (SSSR count). The van der Waals surface area contributed by atoms with Crippen molar-refractivity contribution >= 4 is 22.5 Å². The van der Waals surface area contributed by atoms with E-state index in [0.29, 0.717) is 16.7 Å². The third kappa shape index (κ3) is 4.00. The molecule has 3 heterocycles. The number of hydrogen-bond donors (Lipinski definition) is 2. The Labute approximate surface area is 149 Å². The van der Waals surface area contributed by atoms with Gasteiger partial charge in [-0.25, -0.2) is 4.79 Å². The SMILES string of the molecule is Cc1nn(C)c(C)c1CCNC(=O)Nc1nnc(-c2ccccn2)s1. The van der Waals surface area contributed by atoms with Crippen molar-refractivity contribution in [3.8, 4) is 10.7 Å². The second kappa shape index (κ2) is 7.39. The van der Waals surface area contributed by atoms with Gasteiger partial charge in [0.25, 0.3) is 0 Å². The first-order chi connectivity index (χ1) is 12.0. The number of aryl methyl sites for hydroxylation is 2. The highest BCUT2D eigenvalue weighted by Crippen LogP contribution is 2.24. The smallest absolute Gasteiger partial charge is 0.321 e. The van der Waals surface area contributed by atoms with Crippen LogP contribution in [0.2, 0.25) is 0 Å². The molecule has 0 bridgehead atoms. The molecule has 0 aliphatic heterocycles. The fraction of sp³-hybridized carbons (Fsp3) is 0.312. The van der Waals surface area contributed by atoms with Crippen LogP contribution in [0.3, 0.4) is 0 Å². The van der Waals surface area contributed by atoms with Crippen molar-refractivity contribution in [2.24, 2.45) is 7.05 Å². The number of aromatic nitrogens is 5. The first kappa shape index (κ1) is 17.0. The van der Waals surface area contributed by atoms with E-state index >= 15 is 0 Å². The van der Waals surface area contributed by atoms with E-state index in [1.54, 1.807) is 6.20 Å². The summed E-state index contributed by atoms with van der Waals surface area (Å²) in [5.74, 6) is 0. The first-order valence-electron chi connectivity index (χ1n) is 7.83. The molecule has 0 aliphatic carbocycles. The Hall–Kier alpha value is -2.81. The zero-order valence-corrected chi connectivity index (χ0v) is 15.1. The second-order valence-electron chi connectivity index (χ2n) is 5.53. The summed E-state index contributed by atoms with van der Waals surface area (Å²) in [7, 11) is 1.92. The van der Waals surface area contributed by atoms with Crippen molar-refractivity contribution < 1.29 is 4.79 Å². The van der Waals surface area contributed by atoms with Gasteiger partial charge in [-0.2, -0.15) is 5.10 Å². The molecule has 3 aromatic heterocycles. The summed E-state index contributed by atoms with van der Waals surface area (Å²) in [4.78, 5) is 16.2. The lowest BCUT2D eigenvalue weighted by Crippen LogP contribution is -2.30. The molecule has 0 saturated carbocycles. The quantitative estimate of drug-likeness (QED) is 0.730. The Morgan fingerprint density at radius 3 is 2.80 bits per heavy atom. The monoisotopic (exact) mass is 357 g/mol. The van der Waals surface area contributed by atoms with E-state index in [-0.39, 0.29) is 6.03 Å². The van der Waals surface area contributed by atoms with Gasteiger partial charge in [-0.1, -0.05) is 17.4 Å². The van der Waals surface area contributed by atoms with Crippen LogP contribution < -0.4 is 10.6 Å². The van der Waals surface area contributed by atoms with Crippen molar-refractivity contribution in [3.63, 3.8) is 0 Å². The molecule has 0 atom stereocenters. The van der Waals surface area contributed by atoms with Crippen molar-refractivity contribution in [2.75, 3.05) is 11.9 Å². The van der Waals surface area contributed by atoms with E-state index in [4.69, 9.17) is 0 Å². The fourth-order valence-electron chi connectivity index (χ4n) is 2.49. The third-order valence-corrected chi connectivity index (χ3v) is 4.71. The molecule has 130 valence electrons. The largest absolute Gasteiger partial charge is 0.337 e. The predicted molar refractivity (Wildman–Crippen MR) is 96.5 cm³/mol. The Bertz CT molecular complexity index is 872. The third-order valence-electron chi connectivity index (χ3n) is 3.85. The number of carbonyl (C=O) groups is 1. The van der Waals surface area contributed by atoms with Crippen LogP contribution in [0.4, 0.5) is 9.93 Å². The average molecular weight is 357 g/mol. The van der Waals surface area contributed by atoms with E-state index in [9.17, 15) is 4.79 Å². The molecule has 0 radical (unpaired) electrons. The van der Waals surface area contributed by atoms with Gasteiger partial charge in [0.15, 0.2) is 5.01 Å². The molecule has 2 amide bonds. The molecule has 0 aliphatic rings. The normalized spacial score (nSPS) is 10.7. The summed E-state index contributed by atoms with van der Waals surface area (Å²) < 4.78 is 1.85. The van der Waals surface area contributed by atoms with Crippen molar-refractivity contribution in [2.45, 2.75) is 20.3 Å². The lowest BCUT2D eigenvalue weighted by Gasteiger charge is -2.05. The van der Waals surface area contributed by atoms with Crippen LogP contribution >= 0.6 is 11.3 Å². The number of amides is 2. The number of urea groups is 1. The second-order valence-corrected chi connectivity index (χ2v) is 6.51. The highest BCUT2D eigenvalue weighted by molar-refractivity contribution is 7.18. The standard InChI is InChI=1S/C16H19N7OS/c1-10-12(11(2)23(3)22-10)7-9-18-15(24)19-16-21-20-14(25-16)13-6-4-5-8-17-13/h4-6,8H,7,9H2,1-3H3,(H2,18,19,21,24).